The molecule has 4 nitrogen and oxygen atoms in total. The zero-order chi connectivity index (χ0) is 21.4. The number of ether oxygens (including phenoxy) is 1. The maximum atomic E-state index is 11.2. The highest BCUT2D eigenvalue weighted by Gasteiger charge is 2.28. The van der Waals surface area contributed by atoms with Crippen LogP contribution < -0.4 is 4.90 Å². The molecule has 1 aliphatic heterocycles. The summed E-state index contributed by atoms with van der Waals surface area (Å²) >= 11 is 0. The molecule has 0 amide bonds. The molecule has 29 heavy (non-hydrogen) atoms. The van der Waals surface area contributed by atoms with Crippen molar-refractivity contribution in [2.24, 2.45) is 0 Å². The Balaban J connectivity index is 2.03. The van der Waals surface area contributed by atoms with E-state index in [0.29, 0.717) is 31.1 Å². The first-order valence-electron chi connectivity index (χ1n) is 10.5. The number of para-hydroxylation sites is 1. The van der Waals surface area contributed by atoms with E-state index in [1.165, 1.54) is 0 Å². The van der Waals surface area contributed by atoms with Crippen LogP contribution in [0.25, 0.3) is 0 Å². The van der Waals surface area contributed by atoms with E-state index >= 15 is 0 Å². The number of benzene rings is 2. The van der Waals surface area contributed by atoms with Gasteiger partial charge in [0, 0.05) is 30.6 Å². The van der Waals surface area contributed by atoms with Gasteiger partial charge in [-0.25, -0.2) is 0 Å². The normalized spacial score (nSPS) is 15.6. The molecule has 0 spiro atoms. The van der Waals surface area contributed by atoms with Crippen LogP contribution in [0, 0.1) is 0 Å². The number of morpholine rings is 1. The third kappa shape index (κ3) is 4.53. The van der Waals surface area contributed by atoms with E-state index < -0.39 is 0 Å². The van der Waals surface area contributed by atoms with Crippen LogP contribution in [-0.2, 0) is 22.0 Å². The number of anilines is 1. The third-order valence-electron chi connectivity index (χ3n) is 5.65. The zero-order valence-electron chi connectivity index (χ0n) is 18.7. The van der Waals surface area contributed by atoms with Gasteiger partial charge in [-0.3, -0.25) is 0 Å². The quantitative estimate of drug-likeness (QED) is 0.755. The largest absolute Gasteiger partial charge is 0.507 e. The highest BCUT2D eigenvalue weighted by molar-refractivity contribution is 5.63. The molecule has 0 atom stereocenters. The van der Waals surface area contributed by atoms with Crippen molar-refractivity contribution in [1.82, 2.24) is 0 Å². The van der Waals surface area contributed by atoms with Gasteiger partial charge in [0.1, 0.15) is 11.5 Å². The number of hydrogen-bond acceptors (Lipinski definition) is 4. The zero-order valence-corrected chi connectivity index (χ0v) is 18.7. The summed E-state index contributed by atoms with van der Waals surface area (Å²) in [5.74, 6) is 0.708. The van der Waals surface area contributed by atoms with E-state index in [1.54, 1.807) is 0 Å². The smallest absolute Gasteiger partial charge is 0.142 e. The molecule has 1 saturated heterocycles. The lowest BCUT2D eigenvalue weighted by molar-refractivity contribution is 0.122. The molecule has 2 N–H and O–H groups in total. The lowest BCUT2D eigenvalue weighted by Crippen LogP contribution is -2.36. The van der Waals surface area contributed by atoms with Crippen LogP contribution >= 0.6 is 0 Å². The summed E-state index contributed by atoms with van der Waals surface area (Å²) in [6, 6.07) is 10.1. The SMILES string of the molecule is CC(C)(C)c1ccc(Cc2cccc(N3CCOCC3)c2O)c(C(C)(C)C)c1O. The highest BCUT2D eigenvalue weighted by atomic mass is 16.5. The standard InChI is InChI=1S/C25H35NO3/c1-24(2,3)19-11-10-17(21(23(19)28)25(4,5)6)16-18-8-7-9-20(22(18)27)26-12-14-29-15-13-26/h7-11,27-28H,12-16H2,1-6H3. The summed E-state index contributed by atoms with van der Waals surface area (Å²) < 4.78 is 5.44. The fourth-order valence-electron chi connectivity index (χ4n) is 4.21. The minimum absolute atomic E-state index is 0.138. The molecule has 0 aliphatic carbocycles. The molecule has 0 aromatic heterocycles. The molecular formula is C25H35NO3. The first-order valence-corrected chi connectivity index (χ1v) is 10.5. The monoisotopic (exact) mass is 397 g/mol. The molecule has 1 fully saturated rings. The maximum Gasteiger partial charge on any atom is 0.142 e. The summed E-state index contributed by atoms with van der Waals surface area (Å²) in [5.41, 5.74) is 4.36. The number of phenols is 2. The van der Waals surface area contributed by atoms with E-state index in [-0.39, 0.29) is 10.8 Å². The predicted octanol–water partition coefficient (Wildman–Crippen LogP) is 5.12. The number of rotatable bonds is 3. The van der Waals surface area contributed by atoms with Gasteiger partial charge in [0.2, 0.25) is 0 Å². The fourth-order valence-corrected chi connectivity index (χ4v) is 4.21. The Labute approximate surface area is 175 Å². The molecule has 1 heterocycles. The van der Waals surface area contributed by atoms with Crippen LogP contribution in [0.2, 0.25) is 0 Å². The van der Waals surface area contributed by atoms with Crippen molar-refractivity contribution < 1.29 is 14.9 Å². The van der Waals surface area contributed by atoms with Gasteiger partial charge in [-0.1, -0.05) is 65.8 Å². The van der Waals surface area contributed by atoms with E-state index in [0.717, 1.165) is 41.0 Å². The topological polar surface area (TPSA) is 52.9 Å². The average Bonchev–Trinajstić information content (AvgIpc) is 2.62. The molecule has 0 radical (unpaired) electrons. The summed E-state index contributed by atoms with van der Waals surface area (Å²) in [6.07, 6.45) is 0.578. The third-order valence-corrected chi connectivity index (χ3v) is 5.65. The second-order valence-corrected chi connectivity index (χ2v) is 10.1. The molecule has 3 rings (SSSR count). The van der Waals surface area contributed by atoms with Crippen molar-refractivity contribution in [2.45, 2.75) is 58.8 Å². The Morgan fingerprint density at radius 1 is 0.828 bits per heavy atom. The van der Waals surface area contributed by atoms with Gasteiger partial charge >= 0.3 is 0 Å². The average molecular weight is 398 g/mol. The van der Waals surface area contributed by atoms with Crippen LogP contribution in [0.5, 0.6) is 11.5 Å². The Bertz CT molecular complexity index is 869. The van der Waals surface area contributed by atoms with Crippen molar-refractivity contribution in [3.8, 4) is 11.5 Å². The summed E-state index contributed by atoms with van der Waals surface area (Å²) in [6.45, 7) is 15.7. The summed E-state index contributed by atoms with van der Waals surface area (Å²) in [5, 5.41) is 22.2. The molecule has 0 unspecified atom stereocenters. The number of aromatic hydroxyl groups is 2. The summed E-state index contributed by atoms with van der Waals surface area (Å²) in [4.78, 5) is 2.17. The van der Waals surface area contributed by atoms with Gasteiger partial charge in [0.05, 0.1) is 18.9 Å². The van der Waals surface area contributed by atoms with Gasteiger partial charge in [-0.2, -0.15) is 0 Å². The van der Waals surface area contributed by atoms with Gasteiger partial charge in [0.25, 0.3) is 0 Å². The number of nitrogens with zero attached hydrogens (tertiary/aromatic N) is 1. The van der Waals surface area contributed by atoms with Crippen LogP contribution in [-0.4, -0.2) is 36.5 Å². The second kappa shape index (κ2) is 7.91. The second-order valence-electron chi connectivity index (χ2n) is 10.1. The summed E-state index contributed by atoms with van der Waals surface area (Å²) in [7, 11) is 0. The lowest BCUT2D eigenvalue weighted by Gasteiger charge is -2.31. The van der Waals surface area contributed by atoms with E-state index in [2.05, 4.69) is 52.5 Å². The molecule has 2 aromatic carbocycles. The van der Waals surface area contributed by atoms with E-state index in [1.807, 2.05) is 24.3 Å². The molecular weight excluding hydrogens is 362 g/mol. The van der Waals surface area contributed by atoms with Crippen molar-refractivity contribution >= 4 is 5.69 Å². The molecule has 158 valence electrons. The molecule has 4 heteroatoms. The number of hydrogen-bond donors (Lipinski definition) is 2. The molecule has 0 saturated carbocycles. The molecule has 0 bridgehead atoms. The van der Waals surface area contributed by atoms with Crippen molar-refractivity contribution in [3.05, 3.63) is 52.6 Å². The van der Waals surface area contributed by atoms with Gasteiger partial charge in [-0.15, -0.1) is 0 Å². The first-order chi connectivity index (χ1) is 13.5. The van der Waals surface area contributed by atoms with E-state index in [9.17, 15) is 10.2 Å². The first kappa shape index (κ1) is 21.5. The Morgan fingerprint density at radius 3 is 2.07 bits per heavy atom. The fraction of sp³-hybridized carbons (Fsp3) is 0.520. The Kier molecular flexibility index (Phi) is 5.86. The minimum atomic E-state index is -0.210. The van der Waals surface area contributed by atoms with Crippen molar-refractivity contribution in [3.63, 3.8) is 0 Å². The maximum absolute atomic E-state index is 11.2. The van der Waals surface area contributed by atoms with Crippen molar-refractivity contribution in [1.29, 1.82) is 0 Å². The van der Waals surface area contributed by atoms with Gasteiger partial charge in [0.15, 0.2) is 0 Å². The Morgan fingerprint density at radius 2 is 1.48 bits per heavy atom. The van der Waals surface area contributed by atoms with Crippen LogP contribution in [0.3, 0.4) is 0 Å². The van der Waals surface area contributed by atoms with Gasteiger partial charge < -0.3 is 19.8 Å². The van der Waals surface area contributed by atoms with Crippen LogP contribution in [0.4, 0.5) is 5.69 Å². The number of phenolic OH excluding ortho intramolecular Hbond substituents is 2. The molecule has 2 aromatic rings. The van der Waals surface area contributed by atoms with Crippen LogP contribution in [0.1, 0.15) is 63.8 Å². The van der Waals surface area contributed by atoms with E-state index in [4.69, 9.17) is 4.74 Å². The van der Waals surface area contributed by atoms with Gasteiger partial charge in [-0.05, 0) is 28.0 Å². The van der Waals surface area contributed by atoms with Crippen molar-refractivity contribution in [2.75, 3.05) is 31.2 Å². The minimum Gasteiger partial charge on any atom is -0.507 e. The predicted molar refractivity (Wildman–Crippen MR) is 119 cm³/mol. The van der Waals surface area contributed by atoms with Crippen LogP contribution in [0.15, 0.2) is 30.3 Å². The highest BCUT2D eigenvalue weighted by Crippen LogP contribution is 2.42. The Hall–Kier alpha value is -2.20. The lowest BCUT2D eigenvalue weighted by atomic mass is 9.76. The molecule has 1 aliphatic rings.